The number of rotatable bonds is 8. The Balaban J connectivity index is 1.80. The molecule has 0 saturated heterocycles. The summed E-state index contributed by atoms with van der Waals surface area (Å²) < 4.78 is 0. The average Bonchev–Trinajstić information content (AvgIpc) is 3.03. The molecule has 0 fully saturated rings. The first kappa shape index (κ1) is 15.7. The minimum absolute atomic E-state index is 0.0695. The summed E-state index contributed by atoms with van der Waals surface area (Å²) in [6.45, 7) is 0.706. The molecule has 1 heterocycles. The van der Waals surface area contributed by atoms with Gasteiger partial charge in [-0.3, -0.25) is 4.79 Å². The highest BCUT2D eigenvalue weighted by molar-refractivity contribution is 7.07. The van der Waals surface area contributed by atoms with Gasteiger partial charge in [-0.25, -0.2) is 0 Å². The SMILES string of the molecule is O=C(CCc1ccsc1)NCC(CCO)c1ccccc1. The second-order valence-corrected chi connectivity index (χ2v) is 5.84. The van der Waals surface area contributed by atoms with Gasteiger partial charge in [-0.1, -0.05) is 30.3 Å². The number of benzene rings is 1. The van der Waals surface area contributed by atoms with Gasteiger partial charge in [-0.2, -0.15) is 11.3 Å². The molecule has 0 bridgehead atoms. The fourth-order valence-corrected chi connectivity index (χ4v) is 2.99. The normalized spacial score (nSPS) is 12.0. The Morgan fingerprint density at radius 1 is 1.24 bits per heavy atom. The van der Waals surface area contributed by atoms with Crippen LogP contribution >= 0.6 is 11.3 Å². The topological polar surface area (TPSA) is 49.3 Å². The number of amides is 1. The van der Waals surface area contributed by atoms with Gasteiger partial charge in [0.2, 0.25) is 5.91 Å². The van der Waals surface area contributed by atoms with Crippen molar-refractivity contribution in [2.75, 3.05) is 13.2 Å². The highest BCUT2D eigenvalue weighted by Crippen LogP contribution is 2.18. The Hall–Kier alpha value is -1.65. The zero-order chi connectivity index (χ0) is 14.9. The third-order valence-corrected chi connectivity index (χ3v) is 4.25. The molecular weight excluding hydrogens is 282 g/mol. The molecule has 2 aromatic rings. The van der Waals surface area contributed by atoms with Gasteiger partial charge in [-0.05, 0) is 40.8 Å². The van der Waals surface area contributed by atoms with Crippen molar-refractivity contribution in [2.24, 2.45) is 0 Å². The van der Waals surface area contributed by atoms with E-state index in [0.29, 0.717) is 19.4 Å². The lowest BCUT2D eigenvalue weighted by molar-refractivity contribution is -0.121. The molecule has 3 nitrogen and oxygen atoms in total. The van der Waals surface area contributed by atoms with Crippen molar-refractivity contribution in [3.05, 3.63) is 58.3 Å². The summed E-state index contributed by atoms with van der Waals surface area (Å²) >= 11 is 1.65. The van der Waals surface area contributed by atoms with E-state index in [2.05, 4.69) is 16.8 Å². The quantitative estimate of drug-likeness (QED) is 0.787. The molecule has 21 heavy (non-hydrogen) atoms. The van der Waals surface area contributed by atoms with E-state index in [-0.39, 0.29) is 18.4 Å². The van der Waals surface area contributed by atoms with E-state index >= 15 is 0 Å². The van der Waals surface area contributed by atoms with Crippen LogP contribution in [-0.4, -0.2) is 24.2 Å². The lowest BCUT2D eigenvalue weighted by Gasteiger charge is -2.17. The van der Waals surface area contributed by atoms with Gasteiger partial charge in [0.1, 0.15) is 0 Å². The summed E-state index contributed by atoms with van der Waals surface area (Å²) in [6.07, 6.45) is 1.96. The molecule has 1 aromatic carbocycles. The molecule has 0 aliphatic carbocycles. The molecule has 0 radical (unpaired) electrons. The van der Waals surface area contributed by atoms with Crippen LogP contribution in [0.1, 0.15) is 29.9 Å². The van der Waals surface area contributed by atoms with Gasteiger partial charge in [0.15, 0.2) is 0 Å². The van der Waals surface area contributed by atoms with E-state index in [1.54, 1.807) is 11.3 Å². The zero-order valence-corrected chi connectivity index (χ0v) is 12.8. The number of thiophene rings is 1. The van der Waals surface area contributed by atoms with E-state index in [4.69, 9.17) is 0 Å². The number of carbonyl (C=O) groups excluding carboxylic acids is 1. The van der Waals surface area contributed by atoms with Crippen LogP contribution < -0.4 is 5.32 Å². The fraction of sp³-hybridized carbons (Fsp3) is 0.353. The number of aliphatic hydroxyl groups is 1. The molecule has 1 aromatic heterocycles. The molecule has 0 aliphatic heterocycles. The number of hydrogen-bond donors (Lipinski definition) is 2. The first-order valence-electron chi connectivity index (χ1n) is 7.23. The van der Waals surface area contributed by atoms with Gasteiger partial charge in [0.25, 0.3) is 0 Å². The maximum absolute atomic E-state index is 11.9. The highest BCUT2D eigenvalue weighted by Gasteiger charge is 2.12. The summed E-state index contributed by atoms with van der Waals surface area (Å²) in [5.74, 6) is 0.237. The summed E-state index contributed by atoms with van der Waals surface area (Å²) in [5.41, 5.74) is 2.37. The standard InChI is InChI=1S/C17H21NO2S/c19-10-8-16(15-4-2-1-3-5-15)12-18-17(20)7-6-14-9-11-21-13-14/h1-5,9,11,13,16,19H,6-8,10,12H2,(H,18,20). The molecule has 4 heteroatoms. The lowest BCUT2D eigenvalue weighted by atomic mass is 9.96. The van der Waals surface area contributed by atoms with E-state index in [1.165, 1.54) is 5.56 Å². The van der Waals surface area contributed by atoms with Crippen LogP contribution in [0, 0.1) is 0 Å². The molecule has 0 saturated carbocycles. The van der Waals surface area contributed by atoms with Crippen LogP contribution in [0.15, 0.2) is 47.2 Å². The maximum atomic E-state index is 11.9. The largest absolute Gasteiger partial charge is 0.396 e. The molecule has 112 valence electrons. The van der Waals surface area contributed by atoms with Crippen molar-refractivity contribution in [3.63, 3.8) is 0 Å². The third-order valence-electron chi connectivity index (χ3n) is 3.52. The number of carbonyl (C=O) groups is 1. The van der Waals surface area contributed by atoms with Crippen LogP contribution in [-0.2, 0) is 11.2 Å². The molecule has 2 N–H and O–H groups in total. The van der Waals surface area contributed by atoms with Gasteiger partial charge in [-0.15, -0.1) is 0 Å². The molecule has 1 atom stereocenters. The fourth-order valence-electron chi connectivity index (χ4n) is 2.29. The monoisotopic (exact) mass is 303 g/mol. The van der Waals surface area contributed by atoms with Crippen LogP contribution in [0.25, 0.3) is 0 Å². The Labute approximate surface area is 129 Å². The summed E-state index contributed by atoms with van der Waals surface area (Å²) in [6, 6.07) is 12.1. The smallest absolute Gasteiger partial charge is 0.220 e. The molecule has 0 spiro atoms. The number of aryl methyl sites for hydroxylation is 1. The zero-order valence-electron chi connectivity index (χ0n) is 12.0. The molecule has 1 amide bonds. The van der Waals surface area contributed by atoms with Crippen LogP contribution in [0.2, 0.25) is 0 Å². The predicted octanol–water partition coefficient (Wildman–Crippen LogP) is 2.96. The van der Waals surface area contributed by atoms with Gasteiger partial charge in [0.05, 0.1) is 0 Å². The van der Waals surface area contributed by atoms with E-state index in [9.17, 15) is 9.90 Å². The summed E-state index contributed by atoms with van der Waals surface area (Å²) in [4.78, 5) is 11.9. The molecule has 0 aliphatic rings. The Bertz CT molecular complexity index is 525. The van der Waals surface area contributed by atoms with Crippen LogP contribution in [0.5, 0.6) is 0 Å². The van der Waals surface area contributed by atoms with Gasteiger partial charge < -0.3 is 10.4 Å². The van der Waals surface area contributed by atoms with Crippen molar-refractivity contribution in [2.45, 2.75) is 25.2 Å². The minimum atomic E-state index is 0.0695. The number of hydrogen-bond acceptors (Lipinski definition) is 3. The Morgan fingerprint density at radius 2 is 2.05 bits per heavy atom. The van der Waals surface area contributed by atoms with E-state index < -0.39 is 0 Å². The average molecular weight is 303 g/mol. The maximum Gasteiger partial charge on any atom is 0.220 e. The van der Waals surface area contributed by atoms with Crippen molar-refractivity contribution in [1.29, 1.82) is 0 Å². The van der Waals surface area contributed by atoms with Gasteiger partial charge >= 0.3 is 0 Å². The van der Waals surface area contributed by atoms with E-state index in [1.807, 2.05) is 35.7 Å². The number of aliphatic hydroxyl groups excluding tert-OH is 1. The Kier molecular flexibility index (Phi) is 6.44. The third kappa shape index (κ3) is 5.33. The first-order chi connectivity index (χ1) is 10.3. The molecule has 1 unspecified atom stereocenters. The van der Waals surface area contributed by atoms with E-state index in [0.717, 1.165) is 12.0 Å². The van der Waals surface area contributed by atoms with Crippen molar-refractivity contribution in [1.82, 2.24) is 5.32 Å². The second-order valence-electron chi connectivity index (χ2n) is 5.06. The summed E-state index contributed by atoms with van der Waals surface area (Å²) in [5, 5.41) is 16.3. The Morgan fingerprint density at radius 3 is 2.71 bits per heavy atom. The van der Waals surface area contributed by atoms with Crippen LogP contribution in [0.4, 0.5) is 0 Å². The predicted molar refractivity (Wildman–Crippen MR) is 86.5 cm³/mol. The van der Waals surface area contributed by atoms with Crippen molar-refractivity contribution >= 4 is 17.2 Å². The van der Waals surface area contributed by atoms with Gasteiger partial charge in [0, 0.05) is 25.5 Å². The minimum Gasteiger partial charge on any atom is -0.396 e. The summed E-state index contributed by atoms with van der Waals surface area (Å²) in [7, 11) is 0. The number of nitrogens with one attached hydrogen (secondary N) is 1. The second kappa shape index (κ2) is 8.60. The molecule has 2 rings (SSSR count). The van der Waals surface area contributed by atoms with Crippen molar-refractivity contribution < 1.29 is 9.90 Å². The molecular formula is C17H21NO2S. The highest BCUT2D eigenvalue weighted by atomic mass is 32.1. The van der Waals surface area contributed by atoms with Crippen molar-refractivity contribution in [3.8, 4) is 0 Å². The first-order valence-corrected chi connectivity index (χ1v) is 8.17. The lowest BCUT2D eigenvalue weighted by Crippen LogP contribution is -2.29. The van der Waals surface area contributed by atoms with Crippen LogP contribution in [0.3, 0.4) is 0 Å².